The van der Waals surface area contributed by atoms with Gasteiger partial charge in [-0.3, -0.25) is 4.79 Å². The summed E-state index contributed by atoms with van der Waals surface area (Å²) in [5, 5.41) is 16.9. The number of allylic oxidation sites excluding steroid dienone is 4. The molecule has 1 heterocycles. The Morgan fingerprint density at radius 1 is 1.09 bits per heavy atom. The van der Waals surface area contributed by atoms with Gasteiger partial charge in [0.25, 0.3) is 6.02 Å². The van der Waals surface area contributed by atoms with Crippen molar-refractivity contribution in [3.63, 3.8) is 0 Å². The molecule has 0 radical (unpaired) electrons. The second-order valence-corrected chi connectivity index (χ2v) is 14.5. The van der Waals surface area contributed by atoms with E-state index >= 15 is 0 Å². The Labute approximate surface area is 270 Å². The highest BCUT2D eigenvalue weighted by molar-refractivity contribution is 7.98. The highest BCUT2D eigenvalue weighted by atomic mass is 32.1. The Balaban J connectivity index is 1.12. The smallest absolute Gasteiger partial charge is 0.283 e. The zero-order chi connectivity index (χ0) is 31.0. The van der Waals surface area contributed by atoms with Crippen LogP contribution in [0.1, 0.15) is 80.9 Å². The predicted octanol–water partition coefficient (Wildman–Crippen LogP) is 6.56. The van der Waals surface area contributed by atoms with E-state index in [0.717, 1.165) is 56.1 Å². The van der Waals surface area contributed by atoms with Crippen LogP contribution in [-0.4, -0.2) is 39.9 Å². The molecule has 2 aromatic rings. The molecule has 0 spiro atoms. The third-order valence-corrected chi connectivity index (χ3v) is 12.2. The third kappa shape index (κ3) is 5.77. The van der Waals surface area contributed by atoms with Crippen molar-refractivity contribution < 1.29 is 14.6 Å². The van der Waals surface area contributed by atoms with Crippen molar-refractivity contribution in [2.45, 2.75) is 76.4 Å². The van der Waals surface area contributed by atoms with Gasteiger partial charge < -0.3 is 15.6 Å². The molecular formula is C39H42N2O3S. The van der Waals surface area contributed by atoms with Gasteiger partial charge in [0, 0.05) is 29.2 Å². The summed E-state index contributed by atoms with van der Waals surface area (Å²) in [7, 11) is 1.76. The normalized spacial score (nSPS) is 30.6. The predicted molar refractivity (Wildman–Crippen MR) is 184 cm³/mol. The van der Waals surface area contributed by atoms with Crippen molar-refractivity contribution >= 4 is 33.5 Å². The molecule has 232 valence electrons. The molecule has 5 aliphatic rings. The summed E-state index contributed by atoms with van der Waals surface area (Å²) in [6.45, 7) is 3.03. The van der Waals surface area contributed by atoms with E-state index in [1.807, 2.05) is 36.4 Å². The molecule has 1 aliphatic heterocycles. The number of ether oxygens (including phenoxy) is 1. The number of benzene rings is 2. The number of rotatable bonds is 6. The van der Waals surface area contributed by atoms with E-state index in [1.165, 1.54) is 16.7 Å². The average Bonchev–Trinajstić information content (AvgIpc) is 3.30. The Morgan fingerprint density at radius 2 is 1.89 bits per heavy atom. The number of hydrogen-bond acceptors (Lipinski definition) is 4. The lowest BCUT2D eigenvalue weighted by Crippen LogP contribution is -2.52. The summed E-state index contributed by atoms with van der Waals surface area (Å²) in [6, 6.07) is 18.7. The second-order valence-electron chi connectivity index (χ2n) is 13.7. The zero-order valence-electron chi connectivity index (χ0n) is 26.0. The molecule has 5 nitrogen and oxygen atoms in total. The Hall–Kier alpha value is -3.66. The molecule has 0 saturated heterocycles. The van der Waals surface area contributed by atoms with Crippen LogP contribution in [0.15, 0.2) is 82.4 Å². The van der Waals surface area contributed by atoms with Crippen molar-refractivity contribution in [2.24, 2.45) is 33.9 Å². The molecular weight excluding hydrogens is 577 g/mol. The fourth-order valence-corrected chi connectivity index (χ4v) is 9.48. The summed E-state index contributed by atoms with van der Waals surface area (Å²) in [6.07, 6.45) is 9.16. The summed E-state index contributed by atoms with van der Waals surface area (Å²) >= 11 is 0. The molecule has 4 aliphatic carbocycles. The first kappa shape index (κ1) is 30.0. The van der Waals surface area contributed by atoms with Crippen LogP contribution in [0.5, 0.6) is 0 Å². The van der Waals surface area contributed by atoms with Gasteiger partial charge in [-0.1, -0.05) is 66.8 Å². The number of aliphatic imine (C=N–C) groups is 1. The van der Waals surface area contributed by atoms with Crippen molar-refractivity contribution in [3.8, 4) is 11.8 Å². The van der Waals surface area contributed by atoms with E-state index in [4.69, 9.17) is 10.5 Å². The number of aliphatic hydroxyl groups is 1. The van der Waals surface area contributed by atoms with Crippen LogP contribution >= 0.6 is 10.9 Å². The Morgan fingerprint density at radius 3 is 2.64 bits per heavy atom. The fraction of sp³-hybridized carbons (Fsp3) is 0.436. The highest BCUT2D eigenvalue weighted by Gasteiger charge is 2.62. The lowest BCUT2D eigenvalue weighted by atomic mass is 9.50. The van der Waals surface area contributed by atoms with E-state index in [1.54, 1.807) is 16.5 Å². The maximum Gasteiger partial charge on any atom is 0.283 e. The molecule has 5 atom stereocenters. The first-order valence-electron chi connectivity index (χ1n) is 16.4. The lowest BCUT2D eigenvalue weighted by molar-refractivity contribution is -0.114. The van der Waals surface area contributed by atoms with Gasteiger partial charge in [-0.15, -0.1) is 0 Å². The Bertz CT molecular complexity index is 1700. The standard InChI is InChI=1S/C39H42N2O3S/c1-38-22-34(29-11-9-26(10-12-29)8-5-19-44-37(40)41-23-27-6-3-2-4-7-27)36-32-16-14-31(42)20-30(32)13-15-33(36)35(38)17-18-39(38,43)21-28-24-45-25-28/h2-4,6-7,9-12,20,24-25,28,33-35,43H,13-19,21-23H2,1H3,(H2,40,41)/t33?,34-,35?,38+,39?/m1/s1. The maximum atomic E-state index is 12.4. The summed E-state index contributed by atoms with van der Waals surface area (Å²) < 4.78 is 5.52. The lowest BCUT2D eigenvalue weighted by Gasteiger charge is -2.55. The van der Waals surface area contributed by atoms with Crippen molar-refractivity contribution in [1.82, 2.24) is 0 Å². The van der Waals surface area contributed by atoms with E-state index in [-0.39, 0.29) is 29.7 Å². The molecule has 0 amide bonds. The van der Waals surface area contributed by atoms with Gasteiger partial charge >= 0.3 is 0 Å². The monoisotopic (exact) mass is 618 g/mol. The van der Waals surface area contributed by atoms with Crippen molar-refractivity contribution in [1.29, 1.82) is 0 Å². The number of amidine groups is 1. The number of ketones is 1. The number of fused-ring (bicyclic) bond motifs is 4. The zero-order valence-corrected chi connectivity index (χ0v) is 26.8. The second kappa shape index (κ2) is 12.3. The Kier molecular flexibility index (Phi) is 8.18. The molecule has 3 N–H and O–H groups in total. The van der Waals surface area contributed by atoms with Crippen LogP contribution < -0.4 is 5.73 Å². The molecule has 7 rings (SSSR count). The number of hydrogen-bond donors (Lipinski definition) is 2. The number of carbonyl (C=O) groups excluding carboxylic acids is 1. The SMILES string of the molecule is C[C@]12C[C@H](c3ccc(C#CCOC(N)=NCc4ccccc4)cc3)C3=C4CCC(=O)C=C4CCC3C1CCC2(O)CC1C=S=C1. The highest BCUT2D eigenvalue weighted by Crippen LogP contribution is 2.67. The summed E-state index contributed by atoms with van der Waals surface area (Å²) in [5.74, 6) is 8.09. The topological polar surface area (TPSA) is 84.9 Å². The van der Waals surface area contributed by atoms with E-state index in [2.05, 4.69) is 58.8 Å². The summed E-state index contributed by atoms with van der Waals surface area (Å²) in [5.41, 5.74) is 12.7. The van der Waals surface area contributed by atoms with Gasteiger partial charge in [0.1, 0.15) is 0 Å². The van der Waals surface area contributed by atoms with E-state index < -0.39 is 5.60 Å². The van der Waals surface area contributed by atoms with Crippen LogP contribution in [0.3, 0.4) is 0 Å². The van der Waals surface area contributed by atoms with Crippen LogP contribution in [0.25, 0.3) is 0 Å². The fourth-order valence-electron chi connectivity index (χ4n) is 8.91. The van der Waals surface area contributed by atoms with Gasteiger partial charge in [0.2, 0.25) is 0 Å². The van der Waals surface area contributed by atoms with Crippen molar-refractivity contribution in [3.05, 3.63) is 94.1 Å². The van der Waals surface area contributed by atoms with E-state index in [9.17, 15) is 9.90 Å². The van der Waals surface area contributed by atoms with Gasteiger partial charge in [0.05, 0.1) is 12.1 Å². The van der Waals surface area contributed by atoms with Crippen molar-refractivity contribution in [2.75, 3.05) is 6.61 Å². The minimum Gasteiger partial charge on any atom is -0.452 e. The van der Waals surface area contributed by atoms with Gasteiger partial charge in [0.15, 0.2) is 12.4 Å². The maximum absolute atomic E-state index is 12.4. The number of nitrogens with zero attached hydrogens (tertiary/aromatic N) is 1. The molecule has 2 aromatic carbocycles. The van der Waals surface area contributed by atoms with Gasteiger partial charge in [-0.05, 0) is 108 Å². The number of carbonyl (C=O) groups is 1. The minimum atomic E-state index is -0.666. The van der Waals surface area contributed by atoms with E-state index in [0.29, 0.717) is 30.7 Å². The van der Waals surface area contributed by atoms with Gasteiger partial charge in [-0.25, -0.2) is 4.99 Å². The molecule has 2 saturated carbocycles. The summed E-state index contributed by atoms with van der Waals surface area (Å²) in [4.78, 5) is 16.7. The quantitative estimate of drug-likeness (QED) is 0.166. The first-order valence-corrected chi connectivity index (χ1v) is 17.3. The average molecular weight is 619 g/mol. The molecule has 3 unspecified atom stereocenters. The largest absolute Gasteiger partial charge is 0.452 e. The molecule has 6 heteroatoms. The van der Waals surface area contributed by atoms with Crippen LogP contribution in [-0.2, 0) is 16.1 Å². The third-order valence-electron chi connectivity index (χ3n) is 11.2. The number of nitrogens with two attached hydrogens (primary N) is 1. The van der Waals surface area contributed by atoms with Crippen LogP contribution in [0, 0.1) is 35.0 Å². The van der Waals surface area contributed by atoms with Gasteiger partial charge in [-0.2, -0.15) is 10.9 Å². The molecule has 0 aromatic heterocycles. The van der Waals surface area contributed by atoms with Crippen LogP contribution in [0.4, 0.5) is 0 Å². The molecule has 0 bridgehead atoms. The van der Waals surface area contributed by atoms with Crippen LogP contribution in [0.2, 0.25) is 0 Å². The molecule has 45 heavy (non-hydrogen) atoms. The first-order chi connectivity index (χ1) is 21.8. The minimum absolute atomic E-state index is 0.140. The molecule has 2 fully saturated rings.